The quantitative estimate of drug-likeness (QED) is 0.676. The number of methoxy groups -OCH3 is 1. The van der Waals surface area contributed by atoms with Crippen LogP contribution in [0.1, 0.15) is 25.3 Å². The van der Waals surface area contributed by atoms with Gasteiger partial charge in [0.2, 0.25) is 11.8 Å². The van der Waals surface area contributed by atoms with Crippen LogP contribution in [0.3, 0.4) is 0 Å². The Bertz CT molecular complexity index is 942. The van der Waals surface area contributed by atoms with Gasteiger partial charge in [-0.1, -0.05) is 17.7 Å². The van der Waals surface area contributed by atoms with Crippen LogP contribution >= 0.6 is 11.6 Å². The van der Waals surface area contributed by atoms with E-state index in [0.29, 0.717) is 47.3 Å². The van der Waals surface area contributed by atoms with Crippen LogP contribution in [0.15, 0.2) is 42.5 Å². The Hall–Kier alpha value is -2.99. The predicted octanol–water partition coefficient (Wildman–Crippen LogP) is 4.53. The topological polar surface area (TPSA) is 67.9 Å². The molecule has 7 heteroatoms. The highest BCUT2D eigenvalue weighted by Gasteiger charge is 2.21. The van der Waals surface area contributed by atoms with Crippen molar-refractivity contribution in [3.05, 3.63) is 53.1 Å². The van der Waals surface area contributed by atoms with Crippen LogP contribution in [-0.2, 0) is 9.59 Å². The smallest absolute Gasteiger partial charge is 0.248 e. The molecular weight excluding hydrogens is 392 g/mol. The van der Waals surface area contributed by atoms with Crippen LogP contribution in [0.2, 0.25) is 5.02 Å². The first kappa shape index (κ1) is 20.7. The van der Waals surface area contributed by atoms with E-state index in [-0.39, 0.29) is 11.8 Å². The van der Waals surface area contributed by atoms with E-state index < -0.39 is 0 Å². The van der Waals surface area contributed by atoms with Gasteiger partial charge in [-0.2, -0.15) is 0 Å². The first-order chi connectivity index (χ1) is 14.0. The summed E-state index contributed by atoms with van der Waals surface area (Å²) in [5.74, 6) is 0.794. The molecule has 152 valence electrons. The van der Waals surface area contributed by atoms with Crippen molar-refractivity contribution in [2.75, 3.05) is 30.5 Å². The Morgan fingerprint density at radius 2 is 2.14 bits per heavy atom. The molecule has 0 aromatic heterocycles. The third kappa shape index (κ3) is 5.09. The average molecular weight is 415 g/mol. The molecule has 0 spiro atoms. The van der Waals surface area contributed by atoms with E-state index in [1.165, 1.54) is 13.2 Å². The highest BCUT2D eigenvalue weighted by Crippen LogP contribution is 2.36. The number of carbonyl (C=O) groups is 2. The summed E-state index contributed by atoms with van der Waals surface area (Å²) in [5.41, 5.74) is 2.12. The highest BCUT2D eigenvalue weighted by molar-refractivity contribution is 6.32. The van der Waals surface area contributed by atoms with Crippen LogP contribution in [0.4, 0.5) is 11.4 Å². The van der Waals surface area contributed by atoms with E-state index in [0.717, 1.165) is 12.1 Å². The number of nitrogens with one attached hydrogen (secondary N) is 1. The monoisotopic (exact) mass is 414 g/mol. The Morgan fingerprint density at radius 3 is 2.83 bits per heavy atom. The van der Waals surface area contributed by atoms with E-state index in [9.17, 15) is 9.59 Å². The van der Waals surface area contributed by atoms with E-state index in [4.69, 9.17) is 21.1 Å². The molecule has 0 radical (unpaired) electrons. The minimum Gasteiger partial charge on any atom is -0.493 e. The SMILES string of the molecule is CCOc1c(Cl)cc(/C=C/C(=O)Nc2cccc(N3CCCC3=O)c2)cc1OC. The van der Waals surface area contributed by atoms with Gasteiger partial charge in [-0.25, -0.2) is 0 Å². The molecule has 2 aromatic rings. The fourth-order valence-electron chi connectivity index (χ4n) is 3.15. The number of rotatable bonds is 7. The summed E-state index contributed by atoms with van der Waals surface area (Å²) >= 11 is 6.26. The van der Waals surface area contributed by atoms with E-state index in [1.54, 1.807) is 35.2 Å². The molecule has 3 rings (SSSR count). The van der Waals surface area contributed by atoms with Crippen molar-refractivity contribution in [2.24, 2.45) is 0 Å². The predicted molar refractivity (Wildman–Crippen MR) is 115 cm³/mol. The number of carbonyl (C=O) groups excluding carboxylic acids is 2. The van der Waals surface area contributed by atoms with Crippen molar-refractivity contribution in [2.45, 2.75) is 19.8 Å². The number of nitrogens with zero attached hydrogens (tertiary/aromatic N) is 1. The van der Waals surface area contributed by atoms with Crippen LogP contribution < -0.4 is 19.7 Å². The standard InChI is InChI=1S/C22H23ClN2O4/c1-3-29-22-18(23)12-15(13-19(22)28-2)9-10-20(26)24-16-6-4-7-17(14-16)25-11-5-8-21(25)27/h4,6-7,9-10,12-14H,3,5,8,11H2,1-2H3,(H,24,26)/b10-9+. The van der Waals surface area contributed by atoms with Gasteiger partial charge in [-0.3, -0.25) is 9.59 Å². The molecule has 6 nitrogen and oxygen atoms in total. The van der Waals surface area contributed by atoms with Crippen molar-refractivity contribution in [1.82, 2.24) is 0 Å². The second-order valence-corrected chi connectivity index (χ2v) is 6.90. The summed E-state index contributed by atoms with van der Waals surface area (Å²) in [6.45, 7) is 3.04. The Kier molecular flexibility index (Phi) is 6.77. The molecule has 0 atom stereocenters. The first-order valence-electron chi connectivity index (χ1n) is 9.41. The molecule has 1 aliphatic rings. The number of anilines is 2. The van der Waals surface area contributed by atoms with Crippen LogP contribution in [-0.4, -0.2) is 32.1 Å². The second-order valence-electron chi connectivity index (χ2n) is 6.49. The van der Waals surface area contributed by atoms with Gasteiger partial charge in [0.1, 0.15) is 0 Å². The maximum atomic E-state index is 12.3. The molecule has 2 amide bonds. The molecule has 0 bridgehead atoms. The lowest BCUT2D eigenvalue weighted by Crippen LogP contribution is -2.23. The summed E-state index contributed by atoms with van der Waals surface area (Å²) in [5, 5.41) is 3.22. The van der Waals surface area contributed by atoms with Crippen LogP contribution in [0, 0.1) is 0 Å². The zero-order valence-corrected chi connectivity index (χ0v) is 17.2. The third-order valence-electron chi connectivity index (χ3n) is 4.47. The summed E-state index contributed by atoms with van der Waals surface area (Å²) in [4.78, 5) is 26.0. The highest BCUT2D eigenvalue weighted by atomic mass is 35.5. The summed E-state index contributed by atoms with van der Waals surface area (Å²) in [6, 6.07) is 10.7. The maximum absolute atomic E-state index is 12.3. The summed E-state index contributed by atoms with van der Waals surface area (Å²) in [6.07, 6.45) is 4.48. The Balaban J connectivity index is 1.70. The van der Waals surface area contributed by atoms with Crippen molar-refractivity contribution >= 4 is 40.9 Å². The molecule has 29 heavy (non-hydrogen) atoms. The molecular formula is C22H23ClN2O4. The van der Waals surface area contributed by atoms with E-state index >= 15 is 0 Å². The number of halogens is 1. The van der Waals surface area contributed by atoms with Crippen LogP contribution in [0.5, 0.6) is 11.5 Å². The lowest BCUT2D eigenvalue weighted by Gasteiger charge is -2.16. The fraction of sp³-hybridized carbons (Fsp3) is 0.273. The van der Waals surface area contributed by atoms with Gasteiger partial charge in [-0.15, -0.1) is 0 Å². The minimum absolute atomic E-state index is 0.106. The van der Waals surface area contributed by atoms with E-state index in [1.807, 2.05) is 19.1 Å². The average Bonchev–Trinajstić information content (AvgIpc) is 3.14. The summed E-state index contributed by atoms with van der Waals surface area (Å²) in [7, 11) is 1.53. The van der Waals surface area contributed by atoms with Gasteiger partial charge in [0.25, 0.3) is 0 Å². The Morgan fingerprint density at radius 1 is 1.31 bits per heavy atom. The van der Waals surface area contributed by atoms with Gasteiger partial charge in [0.05, 0.1) is 18.7 Å². The Labute approximate surface area is 175 Å². The molecule has 1 heterocycles. The van der Waals surface area contributed by atoms with Gasteiger partial charge in [-0.05, 0) is 55.3 Å². The lowest BCUT2D eigenvalue weighted by atomic mass is 10.2. The maximum Gasteiger partial charge on any atom is 0.248 e. The van der Waals surface area contributed by atoms with Gasteiger partial charge >= 0.3 is 0 Å². The van der Waals surface area contributed by atoms with Crippen molar-refractivity contribution in [3.63, 3.8) is 0 Å². The lowest BCUT2D eigenvalue weighted by molar-refractivity contribution is -0.117. The van der Waals surface area contributed by atoms with Crippen LogP contribution in [0.25, 0.3) is 6.08 Å². The number of hydrogen-bond donors (Lipinski definition) is 1. The number of benzene rings is 2. The number of ether oxygens (including phenoxy) is 2. The van der Waals surface area contributed by atoms with Gasteiger partial charge in [0, 0.05) is 30.4 Å². The molecule has 0 saturated carbocycles. The minimum atomic E-state index is -0.293. The molecule has 1 fully saturated rings. The molecule has 1 aliphatic heterocycles. The van der Waals surface area contributed by atoms with Crippen molar-refractivity contribution < 1.29 is 19.1 Å². The zero-order valence-electron chi connectivity index (χ0n) is 16.4. The van der Waals surface area contributed by atoms with Gasteiger partial charge < -0.3 is 19.7 Å². The molecule has 0 aliphatic carbocycles. The number of hydrogen-bond acceptors (Lipinski definition) is 4. The third-order valence-corrected chi connectivity index (χ3v) is 4.75. The molecule has 2 aromatic carbocycles. The fourth-order valence-corrected chi connectivity index (χ4v) is 3.42. The molecule has 0 unspecified atom stereocenters. The summed E-state index contributed by atoms with van der Waals surface area (Å²) < 4.78 is 10.8. The number of amides is 2. The zero-order chi connectivity index (χ0) is 20.8. The van der Waals surface area contributed by atoms with Gasteiger partial charge in [0.15, 0.2) is 11.5 Å². The first-order valence-corrected chi connectivity index (χ1v) is 9.79. The van der Waals surface area contributed by atoms with E-state index in [2.05, 4.69) is 5.32 Å². The van der Waals surface area contributed by atoms with Crippen molar-refractivity contribution in [3.8, 4) is 11.5 Å². The van der Waals surface area contributed by atoms with Crippen molar-refractivity contribution in [1.29, 1.82) is 0 Å². The normalized spacial score (nSPS) is 13.8. The molecule has 1 N–H and O–H groups in total. The second kappa shape index (κ2) is 9.47. The molecule has 1 saturated heterocycles. The largest absolute Gasteiger partial charge is 0.493 e.